The van der Waals surface area contributed by atoms with Gasteiger partial charge >= 0.3 is 0 Å². The van der Waals surface area contributed by atoms with E-state index in [9.17, 15) is 4.39 Å². The van der Waals surface area contributed by atoms with E-state index in [-0.39, 0.29) is 11.9 Å². The van der Waals surface area contributed by atoms with E-state index in [2.05, 4.69) is 17.1 Å². The third kappa shape index (κ3) is 2.68. The van der Waals surface area contributed by atoms with Crippen molar-refractivity contribution in [1.29, 1.82) is 0 Å². The molecule has 0 aromatic heterocycles. The number of halogens is 2. The minimum atomic E-state index is -0.184. The Balaban J connectivity index is 2.34. The first-order valence-electron chi connectivity index (χ1n) is 6.54. The molecule has 1 aromatic rings. The molecule has 18 heavy (non-hydrogen) atoms. The van der Waals surface area contributed by atoms with E-state index in [0.717, 1.165) is 38.2 Å². The molecule has 0 bridgehead atoms. The molecule has 1 aliphatic rings. The molecule has 0 radical (unpaired) electrons. The van der Waals surface area contributed by atoms with Crippen LogP contribution in [-0.4, -0.2) is 31.1 Å². The smallest absolute Gasteiger partial charge is 0.129 e. The maximum Gasteiger partial charge on any atom is 0.129 e. The van der Waals surface area contributed by atoms with E-state index >= 15 is 0 Å². The van der Waals surface area contributed by atoms with Crippen molar-refractivity contribution >= 4 is 11.6 Å². The van der Waals surface area contributed by atoms with Crippen molar-refractivity contribution in [2.75, 3.05) is 26.2 Å². The summed E-state index contributed by atoms with van der Waals surface area (Å²) in [6.45, 7) is 7.83. The zero-order valence-electron chi connectivity index (χ0n) is 11.0. The fourth-order valence-corrected chi connectivity index (χ4v) is 2.90. The predicted molar refractivity (Wildman–Crippen MR) is 73.6 cm³/mol. The van der Waals surface area contributed by atoms with Crippen LogP contribution >= 0.6 is 11.6 Å². The van der Waals surface area contributed by atoms with Gasteiger partial charge in [-0.25, -0.2) is 4.39 Å². The second-order valence-electron chi connectivity index (χ2n) is 4.80. The van der Waals surface area contributed by atoms with Gasteiger partial charge in [0.15, 0.2) is 0 Å². The molecule has 1 N–H and O–H groups in total. The van der Waals surface area contributed by atoms with Gasteiger partial charge in [-0.3, -0.25) is 4.90 Å². The van der Waals surface area contributed by atoms with Crippen molar-refractivity contribution in [1.82, 2.24) is 10.2 Å². The molecule has 1 atom stereocenters. The van der Waals surface area contributed by atoms with Gasteiger partial charge in [-0.05, 0) is 25.0 Å². The highest BCUT2D eigenvalue weighted by Crippen LogP contribution is 2.34. The minimum Gasteiger partial charge on any atom is -0.314 e. The molecule has 1 aliphatic heterocycles. The molecular weight excluding hydrogens is 251 g/mol. The molecule has 1 aromatic carbocycles. The molecule has 0 unspecified atom stereocenters. The first kappa shape index (κ1) is 13.8. The van der Waals surface area contributed by atoms with E-state index in [1.807, 2.05) is 6.92 Å². The molecule has 1 fully saturated rings. The third-order valence-corrected chi connectivity index (χ3v) is 4.13. The van der Waals surface area contributed by atoms with Gasteiger partial charge < -0.3 is 5.32 Å². The lowest BCUT2D eigenvalue weighted by Crippen LogP contribution is -2.45. The Kier molecular flexibility index (Phi) is 4.60. The highest BCUT2D eigenvalue weighted by molar-refractivity contribution is 6.32. The van der Waals surface area contributed by atoms with Crippen molar-refractivity contribution < 1.29 is 4.39 Å². The molecule has 0 aliphatic carbocycles. The Morgan fingerprint density at radius 2 is 2.06 bits per heavy atom. The van der Waals surface area contributed by atoms with Crippen molar-refractivity contribution in [3.63, 3.8) is 0 Å². The van der Waals surface area contributed by atoms with Gasteiger partial charge in [0.1, 0.15) is 5.82 Å². The molecule has 4 heteroatoms. The number of hydrogen-bond donors (Lipinski definition) is 1. The minimum absolute atomic E-state index is 0.0829. The summed E-state index contributed by atoms with van der Waals surface area (Å²) in [4.78, 5) is 2.32. The van der Waals surface area contributed by atoms with Crippen molar-refractivity contribution in [2.24, 2.45) is 0 Å². The summed E-state index contributed by atoms with van der Waals surface area (Å²) in [5, 5.41) is 3.90. The summed E-state index contributed by atoms with van der Waals surface area (Å²) < 4.78 is 14.1. The van der Waals surface area contributed by atoms with Gasteiger partial charge in [0, 0.05) is 37.8 Å². The highest BCUT2D eigenvalue weighted by atomic mass is 35.5. The fourth-order valence-electron chi connectivity index (χ4n) is 2.62. The van der Waals surface area contributed by atoms with Gasteiger partial charge in [-0.1, -0.05) is 24.6 Å². The van der Waals surface area contributed by atoms with Crippen LogP contribution < -0.4 is 5.32 Å². The van der Waals surface area contributed by atoms with Crippen LogP contribution in [0.5, 0.6) is 0 Å². The Bertz CT molecular complexity index is 417. The van der Waals surface area contributed by atoms with E-state index in [1.54, 1.807) is 6.07 Å². The molecule has 100 valence electrons. The highest BCUT2D eigenvalue weighted by Gasteiger charge is 2.25. The second-order valence-corrected chi connectivity index (χ2v) is 5.18. The molecule has 1 saturated heterocycles. The molecule has 2 nitrogen and oxygen atoms in total. The maximum atomic E-state index is 14.1. The van der Waals surface area contributed by atoms with Crippen LogP contribution in [0.4, 0.5) is 4.39 Å². The second kappa shape index (κ2) is 6.00. The molecule has 1 heterocycles. The van der Waals surface area contributed by atoms with Crippen LogP contribution in [-0.2, 0) is 0 Å². The van der Waals surface area contributed by atoms with E-state index in [1.165, 1.54) is 6.07 Å². The first-order valence-corrected chi connectivity index (χ1v) is 6.92. The normalized spacial score (nSPS) is 18.9. The molecule has 0 saturated carbocycles. The standard InChI is InChI=1S/C14H20ClFN2/c1-3-12(18-8-6-17-7-9-18)13-11(16)5-4-10(2)14(13)15/h4-5,12,17H,3,6-9H2,1-2H3/t12-/m1/s1. The number of hydrogen-bond acceptors (Lipinski definition) is 2. The summed E-state index contributed by atoms with van der Waals surface area (Å²) >= 11 is 6.31. The SMILES string of the molecule is CC[C@H](c1c(F)ccc(C)c1Cl)N1CCNCC1. The fraction of sp³-hybridized carbons (Fsp3) is 0.571. The van der Waals surface area contributed by atoms with E-state index in [0.29, 0.717) is 10.6 Å². The van der Waals surface area contributed by atoms with Gasteiger partial charge in [0.2, 0.25) is 0 Å². The van der Waals surface area contributed by atoms with Crippen LogP contribution in [0.1, 0.15) is 30.5 Å². The lowest BCUT2D eigenvalue weighted by molar-refractivity contribution is 0.166. The molecule has 2 rings (SSSR count). The Morgan fingerprint density at radius 3 is 2.67 bits per heavy atom. The zero-order chi connectivity index (χ0) is 13.1. The number of rotatable bonds is 3. The monoisotopic (exact) mass is 270 g/mol. The lowest BCUT2D eigenvalue weighted by Gasteiger charge is -2.35. The summed E-state index contributed by atoms with van der Waals surface area (Å²) in [6.07, 6.45) is 0.875. The Morgan fingerprint density at radius 1 is 1.39 bits per heavy atom. The summed E-state index contributed by atoms with van der Waals surface area (Å²) in [6, 6.07) is 3.35. The van der Waals surface area contributed by atoms with Crippen molar-refractivity contribution in [2.45, 2.75) is 26.3 Å². The van der Waals surface area contributed by atoms with Crippen LogP contribution in [0.2, 0.25) is 5.02 Å². The summed E-state index contributed by atoms with van der Waals surface area (Å²) in [7, 11) is 0. The van der Waals surface area contributed by atoms with E-state index in [4.69, 9.17) is 11.6 Å². The molecule has 0 spiro atoms. The quantitative estimate of drug-likeness (QED) is 0.908. The van der Waals surface area contributed by atoms with Crippen LogP contribution in [0.25, 0.3) is 0 Å². The van der Waals surface area contributed by atoms with Crippen LogP contribution in [0.3, 0.4) is 0 Å². The number of piperazine rings is 1. The topological polar surface area (TPSA) is 15.3 Å². The van der Waals surface area contributed by atoms with E-state index < -0.39 is 0 Å². The predicted octanol–water partition coefficient (Wildman–Crippen LogP) is 3.14. The van der Waals surface area contributed by atoms with Crippen molar-refractivity contribution in [3.8, 4) is 0 Å². The number of benzene rings is 1. The van der Waals surface area contributed by atoms with Crippen molar-refractivity contribution in [3.05, 3.63) is 34.1 Å². The Labute approximate surface area is 113 Å². The lowest BCUT2D eigenvalue weighted by atomic mass is 9.99. The van der Waals surface area contributed by atoms with Gasteiger partial charge in [0.05, 0.1) is 5.02 Å². The third-order valence-electron chi connectivity index (χ3n) is 3.63. The number of aryl methyl sites for hydroxylation is 1. The average molecular weight is 271 g/mol. The zero-order valence-corrected chi connectivity index (χ0v) is 11.7. The Hall–Kier alpha value is -0.640. The largest absolute Gasteiger partial charge is 0.314 e. The summed E-state index contributed by atoms with van der Waals surface area (Å²) in [5.41, 5.74) is 1.61. The van der Waals surface area contributed by atoms with Crippen LogP contribution in [0.15, 0.2) is 12.1 Å². The van der Waals surface area contributed by atoms with Crippen LogP contribution in [0, 0.1) is 12.7 Å². The van der Waals surface area contributed by atoms with Gasteiger partial charge in [-0.15, -0.1) is 0 Å². The molecular formula is C14H20ClFN2. The number of nitrogens with zero attached hydrogens (tertiary/aromatic N) is 1. The maximum absolute atomic E-state index is 14.1. The van der Waals surface area contributed by atoms with Gasteiger partial charge in [0.25, 0.3) is 0 Å². The first-order chi connectivity index (χ1) is 8.65. The van der Waals surface area contributed by atoms with Gasteiger partial charge in [-0.2, -0.15) is 0 Å². The number of nitrogens with one attached hydrogen (secondary N) is 1. The average Bonchev–Trinajstić information content (AvgIpc) is 2.40. The molecule has 0 amide bonds. The summed E-state index contributed by atoms with van der Waals surface area (Å²) in [5.74, 6) is -0.184.